The van der Waals surface area contributed by atoms with Crippen LogP contribution in [-0.2, 0) is 0 Å². The smallest absolute Gasteiger partial charge is 0.00693 e. The molecule has 0 aromatic heterocycles. The fourth-order valence-corrected chi connectivity index (χ4v) is 2.19. The lowest BCUT2D eigenvalue weighted by Crippen LogP contribution is -2.37. The Labute approximate surface area is 96.6 Å². The number of nitrogens with zero attached hydrogens (tertiary/aromatic N) is 1. The van der Waals surface area contributed by atoms with E-state index in [0.29, 0.717) is 12.1 Å². The second-order valence-corrected chi connectivity index (χ2v) is 5.02. The predicted molar refractivity (Wildman–Crippen MR) is 70.2 cm³/mol. The second-order valence-electron chi connectivity index (χ2n) is 5.02. The minimum Gasteiger partial charge on any atom is -0.301 e. The Hall–Kier alpha value is -0.300. The van der Waals surface area contributed by atoms with Crippen molar-refractivity contribution in [1.82, 2.24) is 4.90 Å². The molecule has 0 aromatic rings. The van der Waals surface area contributed by atoms with Crippen LogP contribution in [-0.4, -0.2) is 24.0 Å². The first-order chi connectivity index (χ1) is 7.02. The van der Waals surface area contributed by atoms with Crippen LogP contribution in [0.5, 0.6) is 0 Å². The Balaban J connectivity index is 3.96. The first-order valence-electron chi connectivity index (χ1n) is 6.35. The van der Waals surface area contributed by atoms with Crippen LogP contribution in [0.4, 0.5) is 0 Å². The first kappa shape index (κ1) is 14.7. The van der Waals surface area contributed by atoms with Crippen molar-refractivity contribution in [1.29, 1.82) is 0 Å². The topological polar surface area (TPSA) is 3.24 Å². The molecule has 1 nitrogen and oxygen atoms in total. The average Bonchev–Trinajstić information content (AvgIpc) is 2.17. The van der Waals surface area contributed by atoms with Crippen LogP contribution in [0.2, 0.25) is 0 Å². The van der Waals surface area contributed by atoms with E-state index in [2.05, 4.69) is 46.2 Å². The molecular formula is C14H29N. The summed E-state index contributed by atoms with van der Waals surface area (Å²) in [6.07, 6.45) is 7.03. The fraction of sp³-hybridized carbons (Fsp3) is 0.857. The van der Waals surface area contributed by atoms with Crippen molar-refractivity contribution < 1.29 is 0 Å². The van der Waals surface area contributed by atoms with Crippen molar-refractivity contribution in [3.63, 3.8) is 0 Å². The number of hydrogen-bond acceptors (Lipinski definition) is 1. The highest BCUT2D eigenvalue weighted by atomic mass is 15.1. The summed E-state index contributed by atoms with van der Waals surface area (Å²) in [5.41, 5.74) is 0. The summed E-state index contributed by atoms with van der Waals surface area (Å²) in [4.78, 5) is 2.52. The highest BCUT2D eigenvalue weighted by molar-refractivity contribution is 4.76. The molecule has 15 heavy (non-hydrogen) atoms. The van der Waals surface area contributed by atoms with Crippen molar-refractivity contribution in [2.75, 3.05) is 7.05 Å². The van der Waals surface area contributed by atoms with Crippen molar-refractivity contribution in [2.45, 2.75) is 65.5 Å². The first-order valence-corrected chi connectivity index (χ1v) is 6.35. The van der Waals surface area contributed by atoms with Gasteiger partial charge in [-0.15, -0.1) is 6.58 Å². The van der Waals surface area contributed by atoms with E-state index in [9.17, 15) is 0 Å². The maximum Gasteiger partial charge on any atom is 0.00693 e. The predicted octanol–water partition coefficient (Wildman–Crippen LogP) is 4.10. The Morgan fingerprint density at radius 2 is 1.80 bits per heavy atom. The highest BCUT2D eigenvalue weighted by Crippen LogP contribution is 2.17. The van der Waals surface area contributed by atoms with Gasteiger partial charge in [-0.25, -0.2) is 0 Å². The third kappa shape index (κ3) is 5.99. The van der Waals surface area contributed by atoms with Gasteiger partial charge in [0.2, 0.25) is 0 Å². The molecule has 0 rings (SSSR count). The van der Waals surface area contributed by atoms with E-state index in [0.717, 1.165) is 12.3 Å². The SMILES string of the molecule is C=CCC(C)CC(C)N(C)C(C)CCC. The summed E-state index contributed by atoms with van der Waals surface area (Å²) in [5.74, 6) is 0.758. The quantitative estimate of drug-likeness (QED) is 0.546. The molecule has 0 aliphatic carbocycles. The third-order valence-electron chi connectivity index (χ3n) is 3.41. The molecule has 3 unspecified atom stereocenters. The molecular weight excluding hydrogens is 182 g/mol. The summed E-state index contributed by atoms with van der Waals surface area (Å²) in [7, 11) is 2.26. The van der Waals surface area contributed by atoms with Crippen LogP contribution >= 0.6 is 0 Å². The van der Waals surface area contributed by atoms with Gasteiger partial charge < -0.3 is 4.90 Å². The zero-order valence-electron chi connectivity index (χ0n) is 11.3. The molecule has 0 saturated carbocycles. The highest BCUT2D eigenvalue weighted by Gasteiger charge is 2.16. The zero-order valence-corrected chi connectivity index (χ0v) is 11.3. The van der Waals surface area contributed by atoms with Crippen LogP contribution in [0.1, 0.15) is 53.4 Å². The molecule has 0 heterocycles. The lowest BCUT2D eigenvalue weighted by atomic mass is 9.97. The Kier molecular flexibility index (Phi) is 7.76. The Morgan fingerprint density at radius 1 is 1.20 bits per heavy atom. The number of hydrogen-bond donors (Lipinski definition) is 0. The van der Waals surface area contributed by atoms with E-state index in [1.807, 2.05) is 6.08 Å². The largest absolute Gasteiger partial charge is 0.301 e. The van der Waals surface area contributed by atoms with Gasteiger partial charge >= 0.3 is 0 Å². The van der Waals surface area contributed by atoms with Crippen LogP contribution < -0.4 is 0 Å². The van der Waals surface area contributed by atoms with Crippen molar-refractivity contribution in [3.8, 4) is 0 Å². The minimum absolute atomic E-state index is 0.682. The standard InChI is InChI=1S/C14H29N/c1-7-9-12(3)11-14(5)15(6)13(4)10-8-2/h7,12-14H,1,8-11H2,2-6H3. The van der Waals surface area contributed by atoms with Crippen LogP contribution in [0.3, 0.4) is 0 Å². The zero-order chi connectivity index (χ0) is 11.8. The minimum atomic E-state index is 0.682. The molecule has 0 amide bonds. The van der Waals surface area contributed by atoms with E-state index in [4.69, 9.17) is 0 Å². The molecule has 0 saturated heterocycles. The van der Waals surface area contributed by atoms with Gasteiger partial charge in [0.15, 0.2) is 0 Å². The molecule has 0 fully saturated rings. The van der Waals surface area contributed by atoms with Gasteiger partial charge in [-0.05, 0) is 46.1 Å². The summed E-state index contributed by atoms with van der Waals surface area (Å²) in [5, 5.41) is 0. The van der Waals surface area contributed by atoms with Gasteiger partial charge in [0.05, 0.1) is 0 Å². The maximum absolute atomic E-state index is 3.80. The third-order valence-corrected chi connectivity index (χ3v) is 3.41. The lowest BCUT2D eigenvalue weighted by Gasteiger charge is -2.32. The molecule has 3 atom stereocenters. The summed E-state index contributed by atoms with van der Waals surface area (Å²) in [6, 6.07) is 1.39. The number of allylic oxidation sites excluding steroid dienone is 1. The Bertz CT molecular complexity index is 165. The van der Waals surface area contributed by atoms with Gasteiger partial charge in [-0.1, -0.05) is 26.3 Å². The van der Waals surface area contributed by atoms with Crippen molar-refractivity contribution in [3.05, 3.63) is 12.7 Å². The van der Waals surface area contributed by atoms with E-state index in [1.165, 1.54) is 19.3 Å². The van der Waals surface area contributed by atoms with Crippen molar-refractivity contribution in [2.24, 2.45) is 5.92 Å². The summed E-state index contributed by atoms with van der Waals surface area (Å²) < 4.78 is 0. The van der Waals surface area contributed by atoms with E-state index >= 15 is 0 Å². The van der Waals surface area contributed by atoms with Gasteiger partial charge in [0.25, 0.3) is 0 Å². The molecule has 0 aliphatic rings. The molecule has 0 radical (unpaired) electrons. The van der Waals surface area contributed by atoms with Gasteiger partial charge in [0, 0.05) is 12.1 Å². The lowest BCUT2D eigenvalue weighted by molar-refractivity contribution is 0.165. The maximum atomic E-state index is 3.80. The summed E-state index contributed by atoms with van der Waals surface area (Å²) in [6.45, 7) is 13.0. The molecule has 0 N–H and O–H groups in total. The second kappa shape index (κ2) is 7.92. The fourth-order valence-electron chi connectivity index (χ4n) is 2.19. The van der Waals surface area contributed by atoms with Gasteiger partial charge in [0.1, 0.15) is 0 Å². The molecule has 0 bridgehead atoms. The van der Waals surface area contributed by atoms with Crippen molar-refractivity contribution >= 4 is 0 Å². The molecule has 0 spiro atoms. The number of rotatable bonds is 8. The molecule has 0 aromatic carbocycles. The average molecular weight is 211 g/mol. The molecule has 0 aliphatic heterocycles. The van der Waals surface area contributed by atoms with Gasteiger partial charge in [-0.2, -0.15) is 0 Å². The normalized spacial score (nSPS) is 17.5. The van der Waals surface area contributed by atoms with Gasteiger partial charge in [-0.3, -0.25) is 0 Å². The van der Waals surface area contributed by atoms with E-state index in [-0.39, 0.29) is 0 Å². The van der Waals surface area contributed by atoms with Crippen LogP contribution in [0, 0.1) is 5.92 Å². The van der Waals surface area contributed by atoms with E-state index < -0.39 is 0 Å². The van der Waals surface area contributed by atoms with Crippen LogP contribution in [0.15, 0.2) is 12.7 Å². The van der Waals surface area contributed by atoms with E-state index in [1.54, 1.807) is 0 Å². The Morgan fingerprint density at radius 3 is 2.27 bits per heavy atom. The summed E-state index contributed by atoms with van der Waals surface area (Å²) >= 11 is 0. The van der Waals surface area contributed by atoms with Crippen LogP contribution in [0.25, 0.3) is 0 Å². The molecule has 1 heteroatoms. The molecule has 90 valence electrons. The monoisotopic (exact) mass is 211 g/mol.